The van der Waals surface area contributed by atoms with Crippen molar-refractivity contribution < 1.29 is 5.11 Å². The largest absolute Gasteiger partial charge is 0.405 e. The quantitative estimate of drug-likeness (QED) is 0.0672. The van der Waals surface area contributed by atoms with Crippen LogP contribution in [-0.2, 0) is 6.54 Å². The number of hydrazine groups is 1. The summed E-state index contributed by atoms with van der Waals surface area (Å²) in [6.45, 7) is 23.7. The van der Waals surface area contributed by atoms with Gasteiger partial charge in [-0.1, -0.05) is 66.5 Å². The van der Waals surface area contributed by atoms with Crippen LogP contribution in [0.25, 0.3) is 0 Å². The van der Waals surface area contributed by atoms with E-state index in [0.717, 1.165) is 35.9 Å². The fraction of sp³-hybridized carbons (Fsp3) is 0.621. The van der Waals surface area contributed by atoms with Crippen LogP contribution in [0.2, 0.25) is 0 Å². The Morgan fingerprint density at radius 1 is 1.05 bits per heavy atom. The molecular weight excluding hydrogens is 512 g/mol. The molecule has 0 aliphatic heterocycles. The van der Waals surface area contributed by atoms with Gasteiger partial charge >= 0.3 is 0 Å². The number of nitrogens with two attached hydrogens (primary N) is 4. The molecular formula is C29H60N6OS2. The van der Waals surface area contributed by atoms with E-state index in [1.54, 1.807) is 22.5 Å². The first kappa shape index (κ1) is 43.3. The van der Waals surface area contributed by atoms with Gasteiger partial charge in [-0.3, -0.25) is 5.84 Å². The number of rotatable bonds is 13. The van der Waals surface area contributed by atoms with Crippen LogP contribution in [-0.4, -0.2) is 28.3 Å². The molecule has 0 radical (unpaired) electrons. The van der Waals surface area contributed by atoms with Crippen molar-refractivity contribution >= 4 is 24.0 Å². The molecule has 7 nitrogen and oxygen atoms in total. The number of hydrogen-bond donors (Lipinski definition) is 6. The fourth-order valence-corrected chi connectivity index (χ4v) is 4.30. The van der Waals surface area contributed by atoms with Crippen molar-refractivity contribution in [1.29, 1.82) is 0 Å². The van der Waals surface area contributed by atoms with Crippen molar-refractivity contribution in [2.24, 2.45) is 34.9 Å². The van der Waals surface area contributed by atoms with E-state index in [9.17, 15) is 5.11 Å². The highest BCUT2D eigenvalue weighted by Crippen LogP contribution is 2.26. The van der Waals surface area contributed by atoms with Crippen LogP contribution in [0.3, 0.4) is 0 Å². The summed E-state index contributed by atoms with van der Waals surface area (Å²) in [4.78, 5) is 5.44. The zero-order valence-corrected chi connectivity index (χ0v) is 26.8. The molecule has 38 heavy (non-hydrogen) atoms. The van der Waals surface area contributed by atoms with Gasteiger partial charge in [0.2, 0.25) is 0 Å². The summed E-state index contributed by atoms with van der Waals surface area (Å²) in [6.07, 6.45) is 11.9. The minimum Gasteiger partial charge on any atom is -0.405 e. The van der Waals surface area contributed by atoms with Gasteiger partial charge in [0, 0.05) is 24.5 Å². The second-order valence-corrected chi connectivity index (χ2v) is 10.6. The van der Waals surface area contributed by atoms with Gasteiger partial charge in [-0.05, 0) is 55.3 Å². The first-order valence-corrected chi connectivity index (χ1v) is 14.6. The maximum atomic E-state index is 9.45. The molecule has 0 aliphatic rings. The van der Waals surface area contributed by atoms with Crippen LogP contribution < -0.4 is 23.0 Å². The van der Waals surface area contributed by atoms with Gasteiger partial charge in [-0.2, -0.15) is 0 Å². The second-order valence-electron chi connectivity index (χ2n) is 9.13. The minimum atomic E-state index is -0.167. The van der Waals surface area contributed by atoms with E-state index in [0.29, 0.717) is 11.8 Å². The van der Waals surface area contributed by atoms with Crippen molar-refractivity contribution in [2.75, 3.05) is 7.05 Å². The lowest BCUT2D eigenvalue weighted by Gasteiger charge is -2.20. The van der Waals surface area contributed by atoms with Gasteiger partial charge in [0.05, 0.1) is 23.4 Å². The van der Waals surface area contributed by atoms with Crippen LogP contribution in [0.1, 0.15) is 96.2 Å². The van der Waals surface area contributed by atoms with Crippen molar-refractivity contribution in [2.45, 2.75) is 98.1 Å². The minimum absolute atomic E-state index is 0.167. The second kappa shape index (κ2) is 31.4. The Balaban J connectivity index is -0.000000247. The zero-order valence-electron chi connectivity index (χ0n) is 25.1. The topological polar surface area (TPSA) is 140 Å². The van der Waals surface area contributed by atoms with Crippen molar-refractivity contribution in [3.05, 3.63) is 65.9 Å². The molecule has 1 heterocycles. The number of allylic oxidation sites excluding steroid dienone is 1. The number of aromatic nitrogens is 1. The third-order valence-corrected chi connectivity index (χ3v) is 6.86. The highest BCUT2D eigenvalue weighted by molar-refractivity contribution is 7.84. The van der Waals surface area contributed by atoms with Crippen LogP contribution in [0.5, 0.6) is 0 Å². The summed E-state index contributed by atoms with van der Waals surface area (Å²) < 4.78 is 0. The monoisotopic (exact) mass is 572 g/mol. The van der Waals surface area contributed by atoms with Gasteiger partial charge in [0.1, 0.15) is 0 Å². The smallest absolute Gasteiger partial charge is 0.0954 e. The summed E-state index contributed by atoms with van der Waals surface area (Å²) in [6, 6.07) is 0. The third-order valence-electron chi connectivity index (χ3n) is 5.29. The lowest BCUT2D eigenvalue weighted by atomic mass is 9.87. The Bertz CT molecular complexity index is 672. The van der Waals surface area contributed by atoms with E-state index < -0.39 is 0 Å². The number of aliphatic hydroxyl groups excluding tert-OH is 1. The van der Waals surface area contributed by atoms with Gasteiger partial charge in [0.25, 0.3) is 0 Å². The molecule has 0 saturated carbocycles. The lowest BCUT2D eigenvalue weighted by Crippen LogP contribution is -2.25. The Hall–Kier alpha value is -1.78. The van der Waals surface area contributed by atoms with Crippen LogP contribution >= 0.6 is 24.0 Å². The van der Waals surface area contributed by atoms with E-state index in [4.69, 9.17) is 11.6 Å². The molecule has 0 aliphatic carbocycles. The number of thiazole rings is 1. The van der Waals surface area contributed by atoms with Crippen molar-refractivity contribution in [3.8, 4) is 0 Å². The summed E-state index contributed by atoms with van der Waals surface area (Å²) in [5, 5.41) is 14.3. The molecule has 0 amide bonds. The van der Waals surface area contributed by atoms with Gasteiger partial charge < -0.3 is 22.3 Å². The molecule has 0 aromatic carbocycles. The van der Waals surface area contributed by atoms with E-state index in [-0.39, 0.29) is 6.10 Å². The first-order valence-electron chi connectivity index (χ1n) is 13.3. The van der Waals surface area contributed by atoms with Gasteiger partial charge in [0.15, 0.2) is 0 Å². The lowest BCUT2D eigenvalue weighted by molar-refractivity contribution is 0.152. The highest BCUT2D eigenvalue weighted by atomic mass is 32.1. The third kappa shape index (κ3) is 30.4. The Morgan fingerprint density at radius 3 is 1.87 bits per heavy atom. The van der Waals surface area contributed by atoms with E-state index >= 15 is 0 Å². The molecule has 9 heteroatoms. The molecule has 224 valence electrons. The van der Waals surface area contributed by atoms with Crippen molar-refractivity contribution in [3.63, 3.8) is 0 Å². The Kier molecular flexibility index (Phi) is 35.8. The molecule has 1 aromatic heterocycles. The Morgan fingerprint density at radius 2 is 1.53 bits per heavy atom. The molecule has 0 saturated heterocycles. The summed E-state index contributed by atoms with van der Waals surface area (Å²) >= 11 is 6.03. The average Bonchev–Trinajstić information content (AvgIpc) is 3.33. The van der Waals surface area contributed by atoms with Gasteiger partial charge in [-0.25, -0.2) is 9.99 Å². The normalized spacial score (nSPS) is 12.7. The first-order chi connectivity index (χ1) is 17.9. The maximum absolute atomic E-state index is 9.45. The fourth-order valence-electron chi connectivity index (χ4n) is 3.35. The highest BCUT2D eigenvalue weighted by Gasteiger charge is 2.13. The summed E-state index contributed by atoms with van der Waals surface area (Å²) in [7, 11) is 1.84. The number of nitrogens with zero attached hydrogens (tertiary/aromatic N) is 2. The van der Waals surface area contributed by atoms with Gasteiger partial charge in [-0.15, -0.1) is 37.1 Å². The predicted octanol–water partition coefficient (Wildman–Crippen LogP) is 6.65. The Labute approximate surface area is 244 Å². The standard InChI is InChI=1S/C15H31NOS.C8H15N3S.2C2H5N.C2H4/c1-4-13(8-9-15(18)11-16)6-7-14(5-2)10-12(3)17;1-6(2)8-10-7(5-12-8)4-11(3)9;2*1-2-3;1-2/h11-14,17-18H,4-10,16H2,1-3H3;5-6H,4,9H2,1-3H3;2*2H,1,3H2;1-2H2/b15-11-;;;;. The number of thiol groups is 1. The molecule has 0 spiro atoms. The molecule has 9 N–H and O–H groups in total. The SMILES string of the molecule is C=C.C=CN.C=CN.CC(C)c1nc(CN(C)N)cs1.CCC(CC/C(S)=C/N)CCC(CC)CC(C)O. The van der Waals surface area contributed by atoms with Crippen LogP contribution in [0, 0.1) is 11.8 Å². The summed E-state index contributed by atoms with van der Waals surface area (Å²) in [5.74, 6) is 7.45. The molecule has 1 aromatic rings. The van der Waals surface area contributed by atoms with Crippen molar-refractivity contribution in [1.82, 2.24) is 9.99 Å². The molecule has 3 unspecified atom stereocenters. The molecule has 0 bridgehead atoms. The average molecular weight is 573 g/mol. The number of aliphatic hydroxyl groups is 1. The van der Waals surface area contributed by atoms with Crippen LogP contribution in [0.4, 0.5) is 0 Å². The molecule has 1 rings (SSSR count). The maximum Gasteiger partial charge on any atom is 0.0954 e. The zero-order chi connectivity index (χ0) is 30.5. The van der Waals surface area contributed by atoms with E-state index in [1.807, 2.05) is 14.0 Å². The van der Waals surface area contributed by atoms with E-state index in [2.05, 4.69) is 88.5 Å². The van der Waals surface area contributed by atoms with E-state index in [1.165, 1.54) is 49.5 Å². The van der Waals surface area contributed by atoms with Crippen LogP contribution in [0.15, 0.2) is 55.2 Å². The number of hydrogen-bond acceptors (Lipinski definition) is 9. The summed E-state index contributed by atoms with van der Waals surface area (Å²) in [5.41, 5.74) is 15.7. The molecule has 0 fully saturated rings. The molecule has 3 atom stereocenters. The predicted molar refractivity (Wildman–Crippen MR) is 175 cm³/mol.